The molecule has 6 nitrogen and oxygen atoms in total. The fourth-order valence-corrected chi connectivity index (χ4v) is 1.90. The van der Waals surface area contributed by atoms with Crippen LogP contribution >= 0.6 is 0 Å². The van der Waals surface area contributed by atoms with Crippen LogP contribution in [0.25, 0.3) is 0 Å². The summed E-state index contributed by atoms with van der Waals surface area (Å²) >= 11 is 0. The highest BCUT2D eigenvalue weighted by atomic mass is 16.6. The lowest BCUT2D eigenvalue weighted by molar-refractivity contribution is 0.0236. The van der Waals surface area contributed by atoms with Crippen LogP contribution in [0.4, 0.5) is 4.79 Å². The van der Waals surface area contributed by atoms with Crippen molar-refractivity contribution in [2.24, 2.45) is 5.73 Å². The summed E-state index contributed by atoms with van der Waals surface area (Å²) in [4.78, 5) is 13.5. The Kier molecular flexibility index (Phi) is 3.30. The van der Waals surface area contributed by atoms with Gasteiger partial charge in [0.15, 0.2) is 0 Å². The molecule has 1 aliphatic rings. The van der Waals surface area contributed by atoms with Gasteiger partial charge in [0.1, 0.15) is 17.1 Å². The zero-order valence-electron chi connectivity index (χ0n) is 11.0. The zero-order valence-corrected chi connectivity index (χ0v) is 11.0. The van der Waals surface area contributed by atoms with Crippen molar-refractivity contribution in [2.75, 3.05) is 6.54 Å². The fraction of sp³-hybridized carbons (Fsp3) is 0.667. The molecule has 2 rings (SSSR count). The van der Waals surface area contributed by atoms with E-state index in [0.29, 0.717) is 26.1 Å². The van der Waals surface area contributed by atoms with Gasteiger partial charge in [0, 0.05) is 12.0 Å². The number of hydrogen-bond donors (Lipinski definition) is 1. The molecule has 2 heterocycles. The molecular weight excluding hydrogens is 234 g/mol. The van der Waals surface area contributed by atoms with Crippen molar-refractivity contribution in [3.63, 3.8) is 0 Å². The molecule has 1 amide bonds. The molecule has 100 valence electrons. The molecule has 1 aromatic rings. The van der Waals surface area contributed by atoms with Crippen molar-refractivity contribution in [2.45, 2.75) is 45.9 Å². The molecule has 0 spiro atoms. The normalized spacial score (nSPS) is 14.8. The van der Waals surface area contributed by atoms with E-state index in [9.17, 15) is 4.79 Å². The quantitative estimate of drug-likeness (QED) is 0.862. The van der Waals surface area contributed by atoms with Crippen LogP contribution in [0.5, 0.6) is 0 Å². The Bertz CT molecular complexity index is 448. The number of aromatic nitrogens is 1. The third-order valence-corrected chi connectivity index (χ3v) is 2.66. The van der Waals surface area contributed by atoms with Crippen molar-refractivity contribution in [1.29, 1.82) is 0 Å². The highest BCUT2D eigenvalue weighted by molar-refractivity contribution is 5.69. The minimum atomic E-state index is -0.485. The van der Waals surface area contributed by atoms with E-state index in [2.05, 4.69) is 5.16 Å². The Balaban J connectivity index is 2.03. The summed E-state index contributed by atoms with van der Waals surface area (Å²) in [7, 11) is 0. The summed E-state index contributed by atoms with van der Waals surface area (Å²) in [5.74, 6) is 0.776. The van der Waals surface area contributed by atoms with Crippen LogP contribution < -0.4 is 5.73 Å². The predicted octanol–water partition coefficient (Wildman–Crippen LogP) is 1.43. The van der Waals surface area contributed by atoms with Gasteiger partial charge in [-0.3, -0.25) is 4.90 Å². The van der Waals surface area contributed by atoms with Crippen LogP contribution in [-0.2, 0) is 24.2 Å². The van der Waals surface area contributed by atoms with E-state index in [-0.39, 0.29) is 6.09 Å². The average molecular weight is 253 g/mol. The largest absolute Gasteiger partial charge is 0.444 e. The van der Waals surface area contributed by atoms with E-state index in [1.54, 1.807) is 4.90 Å². The molecule has 18 heavy (non-hydrogen) atoms. The summed E-state index contributed by atoms with van der Waals surface area (Å²) in [6.45, 7) is 6.99. The van der Waals surface area contributed by atoms with Gasteiger partial charge in [0.25, 0.3) is 0 Å². The van der Waals surface area contributed by atoms with Crippen molar-refractivity contribution in [1.82, 2.24) is 10.1 Å². The van der Waals surface area contributed by atoms with E-state index < -0.39 is 5.60 Å². The molecule has 0 aliphatic carbocycles. The maximum Gasteiger partial charge on any atom is 0.410 e. The number of amides is 1. The number of fused-ring (bicyclic) bond motifs is 1. The zero-order chi connectivity index (χ0) is 13.3. The molecule has 0 saturated heterocycles. The SMILES string of the molecule is CC(C)(C)OC(=O)N1Cc2noc(CCN)c2C1. The molecule has 0 aromatic carbocycles. The average Bonchev–Trinajstić information content (AvgIpc) is 2.77. The third-order valence-electron chi connectivity index (χ3n) is 2.66. The van der Waals surface area contributed by atoms with Gasteiger partial charge >= 0.3 is 6.09 Å². The summed E-state index contributed by atoms with van der Waals surface area (Å²) in [5, 5.41) is 3.96. The second kappa shape index (κ2) is 4.61. The second-order valence-corrected chi connectivity index (χ2v) is 5.41. The van der Waals surface area contributed by atoms with Crippen LogP contribution in [0.3, 0.4) is 0 Å². The highest BCUT2D eigenvalue weighted by Crippen LogP contribution is 2.27. The molecule has 1 aliphatic heterocycles. The summed E-state index contributed by atoms with van der Waals surface area (Å²) in [5.41, 5.74) is 6.80. The molecule has 0 bridgehead atoms. The number of rotatable bonds is 2. The molecule has 1 aromatic heterocycles. The fourth-order valence-electron chi connectivity index (χ4n) is 1.90. The Hall–Kier alpha value is -1.56. The highest BCUT2D eigenvalue weighted by Gasteiger charge is 2.32. The van der Waals surface area contributed by atoms with Gasteiger partial charge in [0.05, 0.1) is 13.1 Å². The number of carbonyl (C=O) groups is 1. The third kappa shape index (κ3) is 2.64. The molecule has 0 fully saturated rings. The number of hydrogen-bond acceptors (Lipinski definition) is 5. The van der Waals surface area contributed by atoms with Crippen LogP contribution in [0.2, 0.25) is 0 Å². The monoisotopic (exact) mass is 253 g/mol. The first-order valence-electron chi connectivity index (χ1n) is 6.05. The predicted molar refractivity (Wildman–Crippen MR) is 64.7 cm³/mol. The molecular formula is C12H19N3O3. The first kappa shape index (κ1) is 12.9. The Morgan fingerprint density at radius 1 is 1.50 bits per heavy atom. The van der Waals surface area contributed by atoms with Crippen molar-refractivity contribution in [3.05, 3.63) is 17.0 Å². The number of carbonyl (C=O) groups excluding carboxylic acids is 1. The van der Waals surface area contributed by atoms with Crippen LogP contribution in [0.15, 0.2) is 4.52 Å². The first-order chi connectivity index (χ1) is 8.40. The van der Waals surface area contributed by atoms with Crippen LogP contribution in [0.1, 0.15) is 37.8 Å². The lowest BCUT2D eigenvalue weighted by Crippen LogP contribution is -2.33. The number of ether oxygens (including phenoxy) is 1. The molecule has 0 radical (unpaired) electrons. The van der Waals surface area contributed by atoms with Crippen molar-refractivity contribution in [3.8, 4) is 0 Å². The van der Waals surface area contributed by atoms with Gasteiger partial charge in [-0.2, -0.15) is 0 Å². The molecule has 2 N–H and O–H groups in total. The van der Waals surface area contributed by atoms with Gasteiger partial charge in [-0.1, -0.05) is 5.16 Å². The maximum atomic E-state index is 11.9. The van der Waals surface area contributed by atoms with E-state index in [0.717, 1.165) is 17.0 Å². The van der Waals surface area contributed by atoms with E-state index in [4.69, 9.17) is 15.0 Å². The first-order valence-corrected chi connectivity index (χ1v) is 6.05. The second-order valence-electron chi connectivity index (χ2n) is 5.41. The smallest absolute Gasteiger partial charge is 0.410 e. The Morgan fingerprint density at radius 2 is 2.22 bits per heavy atom. The van der Waals surface area contributed by atoms with Gasteiger partial charge in [-0.15, -0.1) is 0 Å². The van der Waals surface area contributed by atoms with E-state index in [1.165, 1.54) is 0 Å². The minimum Gasteiger partial charge on any atom is -0.444 e. The summed E-state index contributed by atoms with van der Waals surface area (Å²) < 4.78 is 10.5. The van der Waals surface area contributed by atoms with Gasteiger partial charge in [-0.25, -0.2) is 4.79 Å². The van der Waals surface area contributed by atoms with E-state index in [1.807, 2.05) is 20.8 Å². The lowest BCUT2D eigenvalue weighted by atomic mass is 10.2. The Morgan fingerprint density at radius 3 is 2.83 bits per heavy atom. The maximum absolute atomic E-state index is 11.9. The minimum absolute atomic E-state index is 0.320. The number of nitrogens with two attached hydrogens (primary N) is 1. The Labute approximate surface area is 106 Å². The topological polar surface area (TPSA) is 81.6 Å². The van der Waals surface area contributed by atoms with E-state index >= 15 is 0 Å². The van der Waals surface area contributed by atoms with Crippen molar-refractivity contribution >= 4 is 6.09 Å². The molecule has 0 unspecified atom stereocenters. The van der Waals surface area contributed by atoms with Crippen LogP contribution in [0, 0.1) is 0 Å². The van der Waals surface area contributed by atoms with Crippen molar-refractivity contribution < 1.29 is 14.1 Å². The lowest BCUT2D eigenvalue weighted by Gasteiger charge is -2.24. The number of nitrogens with zero attached hydrogens (tertiary/aromatic N) is 2. The molecule has 6 heteroatoms. The molecule has 0 atom stereocenters. The van der Waals surface area contributed by atoms with Gasteiger partial charge in [-0.05, 0) is 27.3 Å². The summed E-state index contributed by atoms with van der Waals surface area (Å²) in [6.07, 6.45) is 0.323. The van der Waals surface area contributed by atoms with Gasteiger partial charge < -0.3 is 15.0 Å². The van der Waals surface area contributed by atoms with Gasteiger partial charge in [0.2, 0.25) is 0 Å². The standard InChI is InChI=1S/C12H19N3O3/c1-12(2,3)17-11(16)15-6-8-9(7-15)14-18-10(8)4-5-13/h4-7,13H2,1-3H3. The summed E-state index contributed by atoms with van der Waals surface area (Å²) in [6, 6.07) is 0. The van der Waals surface area contributed by atoms with Crippen LogP contribution in [-0.4, -0.2) is 28.3 Å². The molecule has 0 saturated carbocycles.